The van der Waals surface area contributed by atoms with Gasteiger partial charge < -0.3 is 19.4 Å². The summed E-state index contributed by atoms with van der Waals surface area (Å²) in [5.74, 6) is 0.928. The van der Waals surface area contributed by atoms with Crippen LogP contribution >= 0.6 is 0 Å². The molecule has 122 valence electrons. The van der Waals surface area contributed by atoms with E-state index in [1.54, 1.807) is 12.1 Å². The minimum absolute atomic E-state index is 0.00551. The second kappa shape index (κ2) is 6.32. The van der Waals surface area contributed by atoms with E-state index in [0.29, 0.717) is 36.5 Å². The second-order valence-electron chi connectivity index (χ2n) is 5.72. The predicted octanol–water partition coefficient (Wildman–Crippen LogP) is 2.21. The molecule has 0 aliphatic carbocycles. The molecule has 1 aromatic heterocycles. The van der Waals surface area contributed by atoms with Crippen LogP contribution in [0.4, 0.5) is 5.69 Å². The Hall–Kier alpha value is -2.50. The van der Waals surface area contributed by atoms with Gasteiger partial charge in [-0.1, -0.05) is 12.1 Å². The Morgan fingerprint density at radius 1 is 1.22 bits per heavy atom. The van der Waals surface area contributed by atoms with Gasteiger partial charge in [0.1, 0.15) is 17.1 Å². The smallest absolute Gasteiger partial charge is 0.259 e. The molecule has 0 bridgehead atoms. The molecular weight excluding hydrogens is 294 g/mol. The molecule has 0 radical (unpaired) electrons. The summed E-state index contributed by atoms with van der Waals surface area (Å²) in [6.45, 7) is 6.62. The quantitative estimate of drug-likeness (QED) is 0.940. The van der Waals surface area contributed by atoms with Gasteiger partial charge in [-0.25, -0.2) is 0 Å². The van der Waals surface area contributed by atoms with Gasteiger partial charge in [0.15, 0.2) is 0 Å². The van der Waals surface area contributed by atoms with Crippen molar-refractivity contribution in [1.29, 1.82) is 0 Å². The zero-order valence-electron chi connectivity index (χ0n) is 13.5. The number of phenols is 1. The van der Waals surface area contributed by atoms with Crippen molar-refractivity contribution < 1.29 is 14.4 Å². The molecule has 6 nitrogen and oxygen atoms in total. The lowest BCUT2D eigenvalue weighted by molar-refractivity contribution is 0.0744. The number of carbonyl (C=O) groups excluding carboxylic acids is 1. The lowest BCUT2D eigenvalue weighted by Gasteiger charge is -2.36. The number of carbonyl (C=O) groups is 1. The third-order valence-electron chi connectivity index (χ3n) is 4.25. The number of phenolic OH excluding ortho intramolecular Hbond substituents is 1. The largest absolute Gasteiger partial charge is 0.508 e. The van der Waals surface area contributed by atoms with Crippen molar-refractivity contribution in [3.63, 3.8) is 0 Å². The topological polar surface area (TPSA) is 69.8 Å². The maximum absolute atomic E-state index is 12.7. The van der Waals surface area contributed by atoms with Crippen molar-refractivity contribution in [3.8, 4) is 5.75 Å². The van der Waals surface area contributed by atoms with E-state index < -0.39 is 0 Å². The first-order valence-electron chi connectivity index (χ1n) is 7.88. The van der Waals surface area contributed by atoms with Crippen LogP contribution < -0.4 is 4.90 Å². The number of hydrogen-bond donors (Lipinski definition) is 1. The summed E-state index contributed by atoms with van der Waals surface area (Å²) >= 11 is 0. The van der Waals surface area contributed by atoms with Crippen molar-refractivity contribution in [3.05, 3.63) is 41.3 Å². The molecule has 23 heavy (non-hydrogen) atoms. The molecule has 6 heteroatoms. The molecule has 2 aromatic rings. The highest BCUT2D eigenvalue weighted by molar-refractivity contribution is 5.96. The third kappa shape index (κ3) is 3.02. The summed E-state index contributed by atoms with van der Waals surface area (Å²) in [6.07, 6.45) is 0.662. The average Bonchev–Trinajstić information content (AvgIpc) is 2.96. The van der Waals surface area contributed by atoms with E-state index >= 15 is 0 Å². The molecule has 1 aliphatic heterocycles. The number of aromatic nitrogens is 1. The van der Waals surface area contributed by atoms with E-state index in [0.717, 1.165) is 18.8 Å². The molecule has 1 fully saturated rings. The standard InChI is InChI=1S/C17H21N3O3/c1-3-15-16(12(2)18-23-15)17(22)20-10-8-19(9-11-20)13-4-6-14(21)7-5-13/h4-7,21H,3,8-11H2,1-2H3. The van der Waals surface area contributed by atoms with E-state index in [4.69, 9.17) is 4.52 Å². The number of benzene rings is 1. The van der Waals surface area contributed by atoms with E-state index in [-0.39, 0.29) is 11.7 Å². The summed E-state index contributed by atoms with van der Waals surface area (Å²) in [5, 5.41) is 13.3. The lowest BCUT2D eigenvalue weighted by atomic mass is 10.1. The summed E-state index contributed by atoms with van der Waals surface area (Å²) in [5.41, 5.74) is 2.34. The van der Waals surface area contributed by atoms with Crippen LogP contribution in [0.2, 0.25) is 0 Å². The molecule has 0 spiro atoms. The van der Waals surface area contributed by atoms with Gasteiger partial charge in [-0.3, -0.25) is 4.79 Å². The van der Waals surface area contributed by atoms with Gasteiger partial charge in [-0.15, -0.1) is 0 Å². The molecule has 3 rings (SSSR count). The molecule has 0 saturated carbocycles. The van der Waals surface area contributed by atoms with Gasteiger partial charge in [0.2, 0.25) is 0 Å². The molecule has 1 saturated heterocycles. The van der Waals surface area contributed by atoms with Crippen LogP contribution in [0.1, 0.15) is 28.7 Å². The van der Waals surface area contributed by atoms with Crippen molar-refractivity contribution in [2.24, 2.45) is 0 Å². The number of hydrogen-bond acceptors (Lipinski definition) is 5. The number of aryl methyl sites for hydroxylation is 2. The molecule has 2 heterocycles. The number of aromatic hydroxyl groups is 1. The Kier molecular flexibility index (Phi) is 4.23. The van der Waals surface area contributed by atoms with Crippen LogP contribution in [-0.4, -0.2) is 47.2 Å². The predicted molar refractivity (Wildman–Crippen MR) is 86.8 cm³/mol. The molecule has 0 unspecified atom stereocenters. The van der Waals surface area contributed by atoms with E-state index in [1.165, 1.54) is 0 Å². The fourth-order valence-corrected chi connectivity index (χ4v) is 2.92. The van der Waals surface area contributed by atoms with Gasteiger partial charge in [-0.05, 0) is 31.2 Å². The Morgan fingerprint density at radius 3 is 2.48 bits per heavy atom. The number of anilines is 1. The first-order chi connectivity index (χ1) is 11.1. The number of piperazine rings is 1. The van der Waals surface area contributed by atoms with E-state index in [9.17, 15) is 9.90 Å². The highest BCUT2D eigenvalue weighted by atomic mass is 16.5. The summed E-state index contributed by atoms with van der Waals surface area (Å²) in [7, 11) is 0. The minimum Gasteiger partial charge on any atom is -0.508 e. The molecule has 1 amide bonds. The third-order valence-corrected chi connectivity index (χ3v) is 4.25. The summed E-state index contributed by atoms with van der Waals surface area (Å²) < 4.78 is 5.23. The zero-order chi connectivity index (χ0) is 16.4. The Balaban J connectivity index is 1.68. The minimum atomic E-state index is 0.00551. The summed E-state index contributed by atoms with van der Waals surface area (Å²) in [6, 6.07) is 7.15. The average molecular weight is 315 g/mol. The Labute approximate surface area is 135 Å². The first kappa shape index (κ1) is 15.4. The van der Waals surface area contributed by atoms with Crippen molar-refractivity contribution in [1.82, 2.24) is 10.1 Å². The maximum atomic E-state index is 12.7. The van der Waals surface area contributed by atoms with E-state index in [1.807, 2.05) is 30.9 Å². The molecule has 1 N–H and O–H groups in total. The molecule has 0 atom stereocenters. The lowest BCUT2D eigenvalue weighted by Crippen LogP contribution is -2.49. The van der Waals surface area contributed by atoms with Gasteiger partial charge in [-0.2, -0.15) is 0 Å². The highest BCUT2D eigenvalue weighted by Gasteiger charge is 2.27. The maximum Gasteiger partial charge on any atom is 0.259 e. The number of nitrogens with zero attached hydrogens (tertiary/aromatic N) is 3. The summed E-state index contributed by atoms with van der Waals surface area (Å²) in [4.78, 5) is 16.8. The van der Waals surface area contributed by atoms with Gasteiger partial charge in [0.25, 0.3) is 5.91 Å². The monoisotopic (exact) mass is 315 g/mol. The van der Waals surface area contributed by atoms with Crippen LogP contribution in [0.3, 0.4) is 0 Å². The normalized spacial score (nSPS) is 15.0. The Bertz CT molecular complexity index is 686. The molecular formula is C17H21N3O3. The fraction of sp³-hybridized carbons (Fsp3) is 0.412. The molecule has 1 aromatic carbocycles. The van der Waals surface area contributed by atoms with Gasteiger partial charge >= 0.3 is 0 Å². The van der Waals surface area contributed by atoms with Crippen LogP contribution in [0, 0.1) is 6.92 Å². The van der Waals surface area contributed by atoms with Gasteiger partial charge in [0, 0.05) is 38.3 Å². The van der Waals surface area contributed by atoms with Crippen LogP contribution in [0.25, 0.3) is 0 Å². The van der Waals surface area contributed by atoms with Crippen LogP contribution in [0.15, 0.2) is 28.8 Å². The first-order valence-corrected chi connectivity index (χ1v) is 7.88. The molecule has 1 aliphatic rings. The second-order valence-corrected chi connectivity index (χ2v) is 5.72. The highest BCUT2D eigenvalue weighted by Crippen LogP contribution is 2.22. The van der Waals surface area contributed by atoms with Crippen LogP contribution in [0.5, 0.6) is 5.75 Å². The zero-order valence-corrected chi connectivity index (χ0v) is 13.5. The van der Waals surface area contributed by atoms with Gasteiger partial charge in [0.05, 0.1) is 5.69 Å². The number of rotatable bonds is 3. The van der Waals surface area contributed by atoms with Crippen LogP contribution in [-0.2, 0) is 6.42 Å². The van der Waals surface area contributed by atoms with Crippen molar-refractivity contribution >= 4 is 11.6 Å². The van der Waals surface area contributed by atoms with Crippen molar-refractivity contribution in [2.75, 3.05) is 31.1 Å². The number of amides is 1. The SMILES string of the molecule is CCc1onc(C)c1C(=O)N1CCN(c2ccc(O)cc2)CC1. The fourth-order valence-electron chi connectivity index (χ4n) is 2.92. The Morgan fingerprint density at radius 2 is 1.87 bits per heavy atom. The van der Waals surface area contributed by atoms with Crippen molar-refractivity contribution in [2.45, 2.75) is 20.3 Å². The van der Waals surface area contributed by atoms with E-state index in [2.05, 4.69) is 10.1 Å².